The number of halogens is 2. The molecule has 0 saturated carbocycles. The van der Waals surface area contributed by atoms with Crippen molar-refractivity contribution >= 4 is 50.0 Å². The van der Waals surface area contributed by atoms with Gasteiger partial charge in [-0.05, 0) is 65.3 Å². The first-order valence-electron chi connectivity index (χ1n) is 8.09. The van der Waals surface area contributed by atoms with E-state index in [1.165, 1.54) is 12.3 Å². The van der Waals surface area contributed by atoms with Crippen LogP contribution in [-0.2, 0) is 0 Å². The van der Waals surface area contributed by atoms with Crippen LogP contribution in [0, 0.1) is 6.92 Å². The third kappa shape index (κ3) is 5.17. The second-order valence-corrected chi connectivity index (χ2v) is 7.44. The predicted octanol–water partition coefficient (Wildman–Crippen LogP) is 5.10. The third-order valence-electron chi connectivity index (χ3n) is 3.63. The van der Waals surface area contributed by atoms with Crippen molar-refractivity contribution in [3.63, 3.8) is 0 Å². The van der Waals surface area contributed by atoms with Gasteiger partial charge < -0.3 is 9.15 Å². The van der Waals surface area contributed by atoms with Crippen LogP contribution in [0.5, 0.6) is 5.75 Å². The van der Waals surface area contributed by atoms with Crippen LogP contribution in [0.3, 0.4) is 0 Å². The SMILES string of the molecule is Cc1ccc(C(=O)Oc2ccc(Br)cc2/C=N/NC(=O)c2ccc(Br)o2)cc1. The Morgan fingerprint density at radius 2 is 1.82 bits per heavy atom. The molecule has 0 aliphatic carbocycles. The molecule has 1 amide bonds. The van der Waals surface area contributed by atoms with E-state index in [4.69, 9.17) is 9.15 Å². The van der Waals surface area contributed by atoms with Gasteiger partial charge in [-0.1, -0.05) is 33.6 Å². The Bertz CT molecular complexity index is 1040. The van der Waals surface area contributed by atoms with Crippen molar-refractivity contribution in [3.05, 3.63) is 86.2 Å². The van der Waals surface area contributed by atoms with Crippen molar-refractivity contribution < 1.29 is 18.7 Å². The normalized spacial score (nSPS) is 10.8. The first-order valence-corrected chi connectivity index (χ1v) is 9.68. The van der Waals surface area contributed by atoms with Crippen LogP contribution in [0.2, 0.25) is 0 Å². The number of hydrogen-bond donors (Lipinski definition) is 1. The van der Waals surface area contributed by atoms with E-state index in [2.05, 4.69) is 42.4 Å². The average Bonchev–Trinajstić information content (AvgIpc) is 3.10. The highest BCUT2D eigenvalue weighted by Crippen LogP contribution is 2.23. The molecule has 3 rings (SSSR count). The van der Waals surface area contributed by atoms with Gasteiger partial charge in [-0.2, -0.15) is 5.10 Å². The lowest BCUT2D eigenvalue weighted by Crippen LogP contribution is -2.17. The summed E-state index contributed by atoms with van der Waals surface area (Å²) in [5, 5.41) is 3.91. The van der Waals surface area contributed by atoms with Crippen molar-refractivity contribution in [2.75, 3.05) is 0 Å². The van der Waals surface area contributed by atoms with Crippen molar-refractivity contribution in [2.45, 2.75) is 6.92 Å². The molecule has 0 aliphatic rings. The molecule has 0 aliphatic heterocycles. The summed E-state index contributed by atoms with van der Waals surface area (Å²) in [4.78, 5) is 24.3. The molecule has 6 nitrogen and oxygen atoms in total. The first-order chi connectivity index (χ1) is 13.4. The number of carbonyl (C=O) groups excluding carboxylic acids is 2. The van der Waals surface area contributed by atoms with Gasteiger partial charge in [-0.25, -0.2) is 10.2 Å². The Morgan fingerprint density at radius 1 is 1.07 bits per heavy atom. The summed E-state index contributed by atoms with van der Waals surface area (Å²) in [5.41, 5.74) is 4.36. The number of nitrogens with zero attached hydrogens (tertiary/aromatic N) is 1. The topological polar surface area (TPSA) is 80.9 Å². The average molecular weight is 506 g/mol. The van der Waals surface area contributed by atoms with Crippen LogP contribution >= 0.6 is 31.9 Å². The van der Waals surface area contributed by atoms with Crippen molar-refractivity contribution in [3.8, 4) is 5.75 Å². The number of esters is 1. The molecule has 0 spiro atoms. The van der Waals surface area contributed by atoms with E-state index in [1.54, 1.807) is 36.4 Å². The van der Waals surface area contributed by atoms with Gasteiger partial charge in [0.1, 0.15) is 5.75 Å². The summed E-state index contributed by atoms with van der Waals surface area (Å²) < 4.78 is 11.9. The summed E-state index contributed by atoms with van der Waals surface area (Å²) in [5.74, 6) is -0.562. The molecule has 0 unspecified atom stereocenters. The number of nitrogens with one attached hydrogen (secondary N) is 1. The number of aryl methyl sites for hydroxylation is 1. The molecule has 0 atom stereocenters. The maximum absolute atomic E-state index is 12.4. The second kappa shape index (κ2) is 8.99. The molecule has 0 saturated heterocycles. The first kappa shape index (κ1) is 20.0. The van der Waals surface area contributed by atoms with Crippen LogP contribution in [0.15, 0.2) is 73.3 Å². The fourth-order valence-electron chi connectivity index (χ4n) is 2.21. The van der Waals surface area contributed by atoms with E-state index in [-0.39, 0.29) is 5.76 Å². The van der Waals surface area contributed by atoms with Gasteiger partial charge in [-0.3, -0.25) is 4.79 Å². The molecule has 3 aromatic rings. The van der Waals surface area contributed by atoms with Crippen LogP contribution < -0.4 is 10.2 Å². The Kier molecular flexibility index (Phi) is 6.43. The molecular weight excluding hydrogens is 492 g/mol. The van der Waals surface area contributed by atoms with E-state index in [9.17, 15) is 9.59 Å². The minimum absolute atomic E-state index is 0.115. The van der Waals surface area contributed by atoms with Crippen molar-refractivity contribution in [2.24, 2.45) is 5.10 Å². The van der Waals surface area contributed by atoms with Crippen LogP contribution in [-0.4, -0.2) is 18.1 Å². The minimum Gasteiger partial charge on any atom is -0.444 e. The molecule has 1 heterocycles. The summed E-state index contributed by atoms with van der Waals surface area (Å²) >= 11 is 6.50. The standard InChI is InChI=1S/C20H14Br2N2O4/c1-12-2-4-13(5-3-12)20(26)28-16-7-6-15(21)10-14(16)11-23-24-19(25)17-8-9-18(22)27-17/h2-11H,1H3,(H,24,25)/b23-11+. The predicted molar refractivity (Wildman–Crippen MR) is 112 cm³/mol. The second-order valence-electron chi connectivity index (χ2n) is 5.74. The van der Waals surface area contributed by atoms with Gasteiger partial charge in [0, 0.05) is 10.0 Å². The zero-order valence-electron chi connectivity index (χ0n) is 14.6. The maximum atomic E-state index is 12.4. The highest BCUT2D eigenvalue weighted by molar-refractivity contribution is 9.10. The molecule has 0 fully saturated rings. The summed E-state index contributed by atoms with van der Waals surface area (Å²) in [6.45, 7) is 1.94. The molecule has 0 bridgehead atoms. The monoisotopic (exact) mass is 504 g/mol. The third-order valence-corrected chi connectivity index (χ3v) is 4.55. The minimum atomic E-state index is -0.504. The van der Waals surface area contributed by atoms with E-state index in [1.807, 2.05) is 19.1 Å². The Balaban J connectivity index is 1.74. The maximum Gasteiger partial charge on any atom is 0.343 e. The van der Waals surface area contributed by atoms with Crippen LogP contribution in [0.1, 0.15) is 32.0 Å². The summed E-state index contributed by atoms with van der Waals surface area (Å²) in [7, 11) is 0. The van der Waals surface area contributed by atoms with Crippen LogP contribution in [0.25, 0.3) is 0 Å². The molecule has 2 aromatic carbocycles. The van der Waals surface area contributed by atoms with E-state index in [0.717, 1.165) is 10.0 Å². The Hall–Kier alpha value is -2.71. The van der Waals surface area contributed by atoms with Gasteiger partial charge in [-0.15, -0.1) is 0 Å². The summed E-state index contributed by atoms with van der Waals surface area (Å²) in [6.07, 6.45) is 1.39. The van der Waals surface area contributed by atoms with Crippen molar-refractivity contribution in [1.82, 2.24) is 5.43 Å². The zero-order chi connectivity index (χ0) is 20.1. The summed E-state index contributed by atoms with van der Waals surface area (Å²) in [6, 6.07) is 15.3. The number of amides is 1. The number of rotatable bonds is 5. The van der Waals surface area contributed by atoms with Gasteiger partial charge in [0.05, 0.1) is 11.8 Å². The molecule has 28 heavy (non-hydrogen) atoms. The van der Waals surface area contributed by atoms with Crippen molar-refractivity contribution in [1.29, 1.82) is 0 Å². The van der Waals surface area contributed by atoms with E-state index in [0.29, 0.717) is 21.5 Å². The fourth-order valence-corrected chi connectivity index (χ4v) is 2.90. The Labute approximate surface area is 177 Å². The Morgan fingerprint density at radius 3 is 2.50 bits per heavy atom. The van der Waals surface area contributed by atoms with E-state index < -0.39 is 11.9 Å². The smallest absolute Gasteiger partial charge is 0.343 e. The number of carbonyl (C=O) groups is 2. The molecule has 1 aromatic heterocycles. The van der Waals surface area contributed by atoms with Gasteiger partial charge in [0.15, 0.2) is 10.4 Å². The largest absolute Gasteiger partial charge is 0.444 e. The van der Waals surface area contributed by atoms with Gasteiger partial charge >= 0.3 is 11.9 Å². The number of hydrogen-bond acceptors (Lipinski definition) is 5. The quantitative estimate of drug-likeness (QED) is 0.226. The molecule has 1 N–H and O–H groups in total. The molecule has 142 valence electrons. The molecular formula is C20H14Br2N2O4. The number of ether oxygens (including phenoxy) is 1. The van der Waals surface area contributed by atoms with Gasteiger partial charge in [0.2, 0.25) is 0 Å². The fraction of sp³-hybridized carbons (Fsp3) is 0.0500. The number of hydrazone groups is 1. The lowest BCUT2D eigenvalue weighted by Gasteiger charge is -2.08. The zero-order valence-corrected chi connectivity index (χ0v) is 17.8. The van der Waals surface area contributed by atoms with Gasteiger partial charge in [0.25, 0.3) is 0 Å². The highest BCUT2D eigenvalue weighted by atomic mass is 79.9. The van der Waals surface area contributed by atoms with Crippen LogP contribution in [0.4, 0.5) is 0 Å². The lowest BCUT2D eigenvalue weighted by atomic mass is 10.1. The highest BCUT2D eigenvalue weighted by Gasteiger charge is 2.12. The lowest BCUT2D eigenvalue weighted by molar-refractivity contribution is 0.0734. The molecule has 8 heteroatoms. The number of furan rings is 1. The van der Waals surface area contributed by atoms with E-state index >= 15 is 0 Å². The molecule has 0 radical (unpaired) electrons. The number of benzene rings is 2.